The molecule has 17 heavy (non-hydrogen) atoms. The van der Waals surface area contributed by atoms with Crippen molar-refractivity contribution < 1.29 is 17.1 Å². The van der Waals surface area contributed by atoms with Crippen LogP contribution in [0.4, 0.5) is 0 Å². The van der Waals surface area contributed by atoms with Gasteiger partial charge in [-0.25, -0.2) is 8.84 Å². The monoisotopic (exact) mass is 322 g/mol. The van der Waals surface area contributed by atoms with Gasteiger partial charge in [-0.1, -0.05) is 0 Å². The molecule has 7 heteroatoms. The van der Waals surface area contributed by atoms with Crippen molar-refractivity contribution in [3.63, 3.8) is 0 Å². The van der Waals surface area contributed by atoms with E-state index in [2.05, 4.69) is 9.80 Å². The summed E-state index contributed by atoms with van der Waals surface area (Å²) < 4.78 is 3.82. The Kier molecular flexibility index (Phi) is 7.70. The standard InChI is InChI=1S/C10H20Cl2N4.Fe/c11-15-7-3-13-1-2-14(5-9-15)6-10-16(12)8-4-13;/h1-10H2;. The Hall–Kier alpha value is 0.939. The SMILES string of the molecule is ClN1CCN2CCN(Cl)CCN(CC1)CC2.[Fe]. The molecule has 0 aromatic heterocycles. The third-order valence-electron chi connectivity index (χ3n) is 3.37. The molecule has 0 amide bonds. The number of nitrogens with zero attached hydrogens (tertiary/aromatic N) is 4. The molecule has 4 nitrogen and oxygen atoms in total. The van der Waals surface area contributed by atoms with E-state index in [-0.39, 0.29) is 17.1 Å². The van der Waals surface area contributed by atoms with Gasteiger partial charge in [-0.2, -0.15) is 0 Å². The summed E-state index contributed by atoms with van der Waals surface area (Å²) in [5, 5.41) is 0. The zero-order valence-electron chi connectivity index (χ0n) is 9.97. The minimum atomic E-state index is 0. The van der Waals surface area contributed by atoms with Crippen LogP contribution in [0, 0.1) is 0 Å². The van der Waals surface area contributed by atoms with Crippen LogP contribution in [0.3, 0.4) is 0 Å². The van der Waals surface area contributed by atoms with E-state index in [9.17, 15) is 0 Å². The summed E-state index contributed by atoms with van der Waals surface area (Å²) in [5.41, 5.74) is 0. The minimum absolute atomic E-state index is 0. The first kappa shape index (κ1) is 16.0. The van der Waals surface area contributed by atoms with Crippen LogP contribution in [-0.2, 0) is 17.1 Å². The fourth-order valence-electron chi connectivity index (χ4n) is 2.18. The summed E-state index contributed by atoms with van der Waals surface area (Å²) in [4.78, 5) is 4.91. The van der Waals surface area contributed by atoms with Crippen LogP contribution in [0.2, 0.25) is 0 Å². The van der Waals surface area contributed by atoms with Gasteiger partial charge >= 0.3 is 0 Å². The summed E-state index contributed by atoms with van der Waals surface area (Å²) >= 11 is 12.3. The Bertz CT molecular complexity index is 184. The van der Waals surface area contributed by atoms with E-state index in [1.807, 2.05) is 8.84 Å². The molecular formula is C10H20Cl2FeN4. The zero-order chi connectivity index (χ0) is 11.4. The van der Waals surface area contributed by atoms with Gasteiger partial charge in [0.2, 0.25) is 0 Å². The summed E-state index contributed by atoms with van der Waals surface area (Å²) in [5.74, 6) is 0. The fraction of sp³-hybridized carbons (Fsp3) is 1.00. The number of hydrogen-bond acceptors (Lipinski definition) is 4. The predicted octanol–water partition coefficient (Wildman–Crippen LogP) is 0.527. The van der Waals surface area contributed by atoms with Gasteiger partial charge in [0.1, 0.15) is 0 Å². The molecular weight excluding hydrogens is 303 g/mol. The molecule has 2 rings (SSSR count). The van der Waals surface area contributed by atoms with Crippen LogP contribution in [0.1, 0.15) is 0 Å². The van der Waals surface area contributed by atoms with Gasteiger partial charge in [-0.05, 0) is 23.6 Å². The van der Waals surface area contributed by atoms with Crippen LogP contribution in [-0.4, -0.2) is 84.1 Å². The van der Waals surface area contributed by atoms with E-state index >= 15 is 0 Å². The molecule has 0 N–H and O–H groups in total. The van der Waals surface area contributed by atoms with Crippen molar-refractivity contribution >= 4 is 23.6 Å². The number of halogens is 2. The quantitative estimate of drug-likeness (QED) is 0.476. The maximum absolute atomic E-state index is 6.14. The Morgan fingerprint density at radius 3 is 1.00 bits per heavy atom. The van der Waals surface area contributed by atoms with Gasteiger partial charge in [-0.3, -0.25) is 9.80 Å². The van der Waals surface area contributed by atoms with Gasteiger partial charge < -0.3 is 0 Å². The fourth-order valence-corrected chi connectivity index (χ4v) is 2.48. The first-order valence-corrected chi connectivity index (χ1v) is 6.68. The maximum Gasteiger partial charge on any atom is 0.0267 e. The van der Waals surface area contributed by atoms with Crippen molar-refractivity contribution in [3.8, 4) is 0 Å². The molecule has 2 saturated heterocycles. The first-order valence-electron chi connectivity index (χ1n) is 6.00. The summed E-state index contributed by atoms with van der Waals surface area (Å²) in [6.07, 6.45) is 0. The topological polar surface area (TPSA) is 13.0 Å². The van der Waals surface area contributed by atoms with E-state index in [1.54, 1.807) is 0 Å². The van der Waals surface area contributed by atoms with E-state index in [1.165, 1.54) is 0 Å². The van der Waals surface area contributed by atoms with Crippen molar-refractivity contribution in [3.05, 3.63) is 0 Å². The molecule has 102 valence electrons. The van der Waals surface area contributed by atoms with E-state index in [0.717, 1.165) is 65.4 Å². The van der Waals surface area contributed by atoms with E-state index in [4.69, 9.17) is 23.6 Å². The summed E-state index contributed by atoms with van der Waals surface area (Å²) in [6, 6.07) is 0. The molecule has 0 aliphatic carbocycles. The number of fused-ring (bicyclic) bond motifs is 3. The van der Waals surface area contributed by atoms with E-state index in [0.29, 0.717) is 0 Å². The molecule has 2 aliphatic rings. The molecule has 0 radical (unpaired) electrons. The van der Waals surface area contributed by atoms with Crippen LogP contribution < -0.4 is 0 Å². The van der Waals surface area contributed by atoms with Gasteiger partial charge in [0, 0.05) is 82.5 Å². The maximum atomic E-state index is 6.14. The molecule has 0 spiro atoms. The molecule has 2 fully saturated rings. The van der Waals surface area contributed by atoms with Crippen LogP contribution in [0.25, 0.3) is 0 Å². The van der Waals surface area contributed by atoms with Crippen LogP contribution in [0.15, 0.2) is 0 Å². The first-order chi connectivity index (χ1) is 7.74. The van der Waals surface area contributed by atoms with Gasteiger partial charge in [0.15, 0.2) is 0 Å². The smallest absolute Gasteiger partial charge is 0.0267 e. The average Bonchev–Trinajstić information content (AvgIpc) is 2.41. The second-order valence-corrected chi connectivity index (χ2v) is 5.46. The molecule has 0 atom stereocenters. The molecule has 2 aliphatic heterocycles. The number of rotatable bonds is 0. The normalized spacial score (nSPS) is 33.5. The second-order valence-electron chi connectivity index (χ2n) is 4.50. The number of hydrogen-bond donors (Lipinski definition) is 0. The van der Waals surface area contributed by atoms with Crippen molar-refractivity contribution in [1.82, 2.24) is 18.6 Å². The van der Waals surface area contributed by atoms with Crippen molar-refractivity contribution in [2.24, 2.45) is 0 Å². The average molecular weight is 323 g/mol. The molecule has 2 bridgehead atoms. The molecule has 0 saturated carbocycles. The van der Waals surface area contributed by atoms with Crippen molar-refractivity contribution in [2.45, 2.75) is 0 Å². The van der Waals surface area contributed by atoms with Crippen LogP contribution >= 0.6 is 23.6 Å². The molecule has 0 aromatic carbocycles. The van der Waals surface area contributed by atoms with Crippen LogP contribution in [0.5, 0.6) is 0 Å². The molecule has 0 unspecified atom stereocenters. The Balaban J connectivity index is 0.00000144. The largest absolute Gasteiger partial charge is 0.299 e. The van der Waals surface area contributed by atoms with Crippen molar-refractivity contribution in [1.29, 1.82) is 0 Å². The van der Waals surface area contributed by atoms with Gasteiger partial charge in [-0.15, -0.1) is 0 Å². The Morgan fingerprint density at radius 1 is 0.471 bits per heavy atom. The van der Waals surface area contributed by atoms with E-state index < -0.39 is 0 Å². The minimum Gasteiger partial charge on any atom is -0.299 e. The third-order valence-corrected chi connectivity index (χ3v) is 4.04. The molecule has 2 heterocycles. The second kappa shape index (κ2) is 8.18. The predicted molar refractivity (Wildman–Crippen MR) is 67.7 cm³/mol. The summed E-state index contributed by atoms with van der Waals surface area (Å²) in [6.45, 7) is 10.2. The summed E-state index contributed by atoms with van der Waals surface area (Å²) in [7, 11) is 0. The molecule has 0 aromatic rings. The zero-order valence-corrected chi connectivity index (χ0v) is 12.6. The Labute approximate surface area is 124 Å². The van der Waals surface area contributed by atoms with Gasteiger partial charge in [0.25, 0.3) is 0 Å². The van der Waals surface area contributed by atoms with Gasteiger partial charge in [0.05, 0.1) is 0 Å². The third kappa shape index (κ3) is 5.62. The Morgan fingerprint density at radius 2 is 0.706 bits per heavy atom. The van der Waals surface area contributed by atoms with Crippen molar-refractivity contribution in [2.75, 3.05) is 65.4 Å².